The van der Waals surface area contributed by atoms with Gasteiger partial charge in [0.2, 0.25) is 0 Å². The second-order valence-corrected chi connectivity index (χ2v) is 6.83. The number of imidazole rings is 1. The van der Waals surface area contributed by atoms with E-state index >= 15 is 0 Å². The third-order valence-electron chi connectivity index (χ3n) is 5.02. The maximum atomic E-state index is 5.66. The van der Waals surface area contributed by atoms with Crippen LogP contribution in [0.15, 0.2) is 91.5 Å². The predicted octanol–water partition coefficient (Wildman–Crippen LogP) is 6.09. The molecule has 0 N–H and O–H groups in total. The summed E-state index contributed by atoms with van der Waals surface area (Å²) in [7, 11) is 3.33. The fourth-order valence-corrected chi connectivity index (χ4v) is 3.64. The van der Waals surface area contributed by atoms with Crippen molar-refractivity contribution in [2.45, 2.75) is 6.54 Å². The van der Waals surface area contributed by atoms with E-state index in [1.165, 1.54) is 0 Å². The number of hydrogen-bond donors (Lipinski definition) is 0. The summed E-state index contributed by atoms with van der Waals surface area (Å²) in [6, 6.07) is 26.3. The van der Waals surface area contributed by atoms with Crippen LogP contribution in [0.2, 0.25) is 0 Å². The summed E-state index contributed by atoms with van der Waals surface area (Å²) >= 11 is 0. The van der Waals surface area contributed by atoms with E-state index < -0.39 is 0 Å². The molecule has 0 unspecified atom stereocenters. The maximum Gasteiger partial charge on any atom is 0.145 e. The molecular formula is C26H24N2O2. The standard InChI is InChI=1S/C26H24N2O2/c1-4-17-28-25(20-13-9-6-10-14-20)24(19-11-7-5-8-12-19)27-26(28)22-18-21(29-2)15-16-23(22)30-3/h4-16,18H,1,17H2,2-3H3. The van der Waals surface area contributed by atoms with Gasteiger partial charge in [-0.2, -0.15) is 0 Å². The van der Waals surface area contributed by atoms with E-state index in [2.05, 4.69) is 35.4 Å². The lowest BCUT2D eigenvalue weighted by Gasteiger charge is -2.14. The molecule has 1 heterocycles. The first-order valence-electron chi connectivity index (χ1n) is 9.81. The molecule has 0 aliphatic heterocycles. The lowest BCUT2D eigenvalue weighted by Crippen LogP contribution is -2.02. The number of nitrogens with zero attached hydrogens (tertiary/aromatic N) is 2. The van der Waals surface area contributed by atoms with E-state index in [1.54, 1.807) is 14.2 Å². The minimum atomic E-state index is 0.611. The van der Waals surface area contributed by atoms with Crippen LogP contribution in [-0.4, -0.2) is 23.8 Å². The van der Waals surface area contributed by atoms with E-state index in [-0.39, 0.29) is 0 Å². The summed E-state index contributed by atoms with van der Waals surface area (Å²) in [6.45, 7) is 4.59. The molecule has 0 aliphatic carbocycles. The Morgan fingerprint density at radius 1 is 0.867 bits per heavy atom. The molecule has 4 rings (SSSR count). The summed E-state index contributed by atoms with van der Waals surface area (Å²) in [5.41, 5.74) is 4.99. The van der Waals surface area contributed by atoms with Gasteiger partial charge in [0.1, 0.15) is 17.3 Å². The Bertz CT molecular complexity index is 1150. The van der Waals surface area contributed by atoms with E-state index in [4.69, 9.17) is 14.5 Å². The van der Waals surface area contributed by atoms with Gasteiger partial charge < -0.3 is 14.0 Å². The predicted molar refractivity (Wildman–Crippen MR) is 122 cm³/mol. The van der Waals surface area contributed by atoms with Crippen molar-refractivity contribution in [1.82, 2.24) is 9.55 Å². The third kappa shape index (κ3) is 3.60. The van der Waals surface area contributed by atoms with Gasteiger partial charge in [0.05, 0.1) is 31.2 Å². The molecule has 4 nitrogen and oxygen atoms in total. The van der Waals surface area contributed by atoms with Gasteiger partial charge >= 0.3 is 0 Å². The molecule has 0 amide bonds. The van der Waals surface area contributed by atoms with E-state index in [0.29, 0.717) is 6.54 Å². The quantitative estimate of drug-likeness (QED) is 0.355. The molecule has 0 spiro atoms. The molecule has 4 aromatic rings. The normalized spacial score (nSPS) is 10.6. The topological polar surface area (TPSA) is 36.3 Å². The van der Waals surface area contributed by atoms with Gasteiger partial charge in [-0.15, -0.1) is 6.58 Å². The van der Waals surface area contributed by atoms with Crippen LogP contribution in [0.3, 0.4) is 0 Å². The Kier molecular flexibility index (Phi) is 5.66. The van der Waals surface area contributed by atoms with Gasteiger partial charge in [0.25, 0.3) is 0 Å². The lowest BCUT2D eigenvalue weighted by atomic mass is 10.0. The average molecular weight is 396 g/mol. The number of ether oxygens (including phenoxy) is 2. The highest BCUT2D eigenvalue weighted by Crippen LogP contribution is 2.40. The highest BCUT2D eigenvalue weighted by molar-refractivity contribution is 5.83. The van der Waals surface area contributed by atoms with Crippen molar-refractivity contribution >= 4 is 0 Å². The molecule has 0 saturated heterocycles. The summed E-state index contributed by atoms with van der Waals surface area (Å²) in [5.74, 6) is 2.30. The van der Waals surface area contributed by atoms with Gasteiger partial charge in [0.15, 0.2) is 0 Å². The monoisotopic (exact) mass is 396 g/mol. The molecule has 0 fully saturated rings. The number of benzene rings is 3. The van der Waals surface area contributed by atoms with Crippen molar-refractivity contribution in [3.05, 3.63) is 91.5 Å². The lowest BCUT2D eigenvalue weighted by molar-refractivity contribution is 0.404. The number of allylic oxidation sites excluding steroid dienone is 1. The molecule has 1 aromatic heterocycles. The van der Waals surface area contributed by atoms with Gasteiger partial charge in [-0.3, -0.25) is 0 Å². The molecule has 30 heavy (non-hydrogen) atoms. The smallest absolute Gasteiger partial charge is 0.145 e. The van der Waals surface area contributed by atoms with Crippen molar-refractivity contribution in [1.29, 1.82) is 0 Å². The minimum Gasteiger partial charge on any atom is -0.497 e. The number of aromatic nitrogens is 2. The van der Waals surface area contributed by atoms with Crippen LogP contribution in [0.1, 0.15) is 0 Å². The van der Waals surface area contributed by atoms with E-state index in [9.17, 15) is 0 Å². The van der Waals surface area contributed by atoms with Gasteiger partial charge in [-0.05, 0) is 18.2 Å². The van der Waals surface area contributed by atoms with Crippen LogP contribution in [0.5, 0.6) is 11.5 Å². The first-order chi connectivity index (χ1) is 14.8. The van der Waals surface area contributed by atoms with E-state index in [0.717, 1.165) is 45.4 Å². The van der Waals surface area contributed by atoms with Crippen molar-refractivity contribution in [3.63, 3.8) is 0 Å². The van der Waals surface area contributed by atoms with Crippen LogP contribution in [0, 0.1) is 0 Å². The maximum absolute atomic E-state index is 5.66. The second-order valence-electron chi connectivity index (χ2n) is 6.83. The Morgan fingerprint density at radius 2 is 1.53 bits per heavy atom. The zero-order valence-corrected chi connectivity index (χ0v) is 17.2. The Labute approximate surface area is 177 Å². The van der Waals surface area contributed by atoms with Crippen LogP contribution in [-0.2, 0) is 6.54 Å². The molecule has 0 bridgehead atoms. The molecule has 0 saturated carbocycles. The summed E-state index contributed by atoms with van der Waals surface area (Å²) in [4.78, 5) is 5.11. The number of rotatable bonds is 7. The molecule has 150 valence electrons. The highest BCUT2D eigenvalue weighted by atomic mass is 16.5. The third-order valence-corrected chi connectivity index (χ3v) is 5.02. The van der Waals surface area contributed by atoms with Crippen molar-refractivity contribution < 1.29 is 9.47 Å². The van der Waals surface area contributed by atoms with Crippen molar-refractivity contribution in [2.75, 3.05) is 14.2 Å². The SMILES string of the molecule is C=CCn1c(-c2cc(OC)ccc2OC)nc(-c2ccccc2)c1-c1ccccc1. The van der Waals surface area contributed by atoms with Crippen LogP contribution in [0.25, 0.3) is 33.9 Å². The second kappa shape index (κ2) is 8.70. The minimum absolute atomic E-state index is 0.611. The largest absolute Gasteiger partial charge is 0.497 e. The zero-order valence-electron chi connectivity index (χ0n) is 17.2. The molecule has 3 aromatic carbocycles. The van der Waals surface area contributed by atoms with Gasteiger partial charge in [-0.1, -0.05) is 66.7 Å². The van der Waals surface area contributed by atoms with Gasteiger partial charge in [0, 0.05) is 17.7 Å². The molecule has 0 radical (unpaired) electrons. The first-order valence-corrected chi connectivity index (χ1v) is 9.81. The number of hydrogen-bond acceptors (Lipinski definition) is 3. The van der Waals surface area contributed by atoms with Crippen LogP contribution in [0.4, 0.5) is 0 Å². The molecule has 0 atom stereocenters. The molecular weight excluding hydrogens is 372 g/mol. The fraction of sp³-hybridized carbons (Fsp3) is 0.115. The van der Waals surface area contributed by atoms with Crippen LogP contribution < -0.4 is 9.47 Å². The summed E-state index contributed by atoms with van der Waals surface area (Å²) < 4.78 is 13.3. The van der Waals surface area contributed by atoms with E-state index in [1.807, 2.05) is 60.7 Å². The fourth-order valence-electron chi connectivity index (χ4n) is 3.64. The Hall–Kier alpha value is -3.79. The zero-order chi connectivity index (χ0) is 20.9. The van der Waals surface area contributed by atoms with Crippen molar-refractivity contribution in [2.24, 2.45) is 0 Å². The first kappa shape index (κ1) is 19.5. The molecule has 0 aliphatic rings. The highest BCUT2D eigenvalue weighted by Gasteiger charge is 2.22. The summed E-state index contributed by atoms with van der Waals surface area (Å²) in [6.07, 6.45) is 1.89. The average Bonchev–Trinajstić information content (AvgIpc) is 3.19. The molecule has 4 heteroatoms. The number of methoxy groups -OCH3 is 2. The Balaban J connectivity index is 2.06. The summed E-state index contributed by atoms with van der Waals surface area (Å²) in [5, 5.41) is 0. The Morgan fingerprint density at radius 3 is 2.13 bits per heavy atom. The van der Waals surface area contributed by atoms with Gasteiger partial charge in [-0.25, -0.2) is 4.98 Å². The van der Waals surface area contributed by atoms with Crippen molar-refractivity contribution in [3.8, 4) is 45.4 Å². The van der Waals surface area contributed by atoms with Crippen LogP contribution >= 0.6 is 0 Å².